The van der Waals surface area contributed by atoms with Gasteiger partial charge in [0, 0.05) is 0 Å². The lowest BCUT2D eigenvalue weighted by atomic mass is 9.58. The van der Waals surface area contributed by atoms with Crippen LogP contribution >= 0.6 is 0 Å². The Hall–Kier alpha value is -0.300. The van der Waals surface area contributed by atoms with Gasteiger partial charge in [-0.25, -0.2) is 0 Å². The third kappa shape index (κ3) is 2.07. The van der Waals surface area contributed by atoms with Crippen molar-refractivity contribution in [2.24, 2.45) is 23.7 Å². The molecule has 0 aliphatic heterocycles. The van der Waals surface area contributed by atoms with Gasteiger partial charge in [0.25, 0.3) is 0 Å². The predicted octanol–water partition coefficient (Wildman–Crippen LogP) is 3.78. The van der Waals surface area contributed by atoms with E-state index in [2.05, 4.69) is 33.8 Å². The third-order valence-corrected chi connectivity index (χ3v) is 4.92. The highest BCUT2D eigenvalue weighted by Gasteiger charge is 2.46. The maximum absolute atomic E-state index is 10.5. The Morgan fingerprint density at radius 2 is 2.06 bits per heavy atom. The lowest BCUT2D eigenvalue weighted by Gasteiger charge is -2.49. The summed E-state index contributed by atoms with van der Waals surface area (Å²) in [6, 6.07) is 0. The topological polar surface area (TPSA) is 20.2 Å². The van der Waals surface area contributed by atoms with E-state index < -0.39 is 5.60 Å². The molecular weight excluding hydrogens is 196 g/mol. The van der Waals surface area contributed by atoms with Crippen molar-refractivity contribution in [1.29, 1.82) is 0 Å². The van der Waals surface area contributed by atoms with E-state index in [1.807, 2.05) is 0 Å². The number of aliphatic hydroxyl groups is 1. The molecule has 4 atom stereocenters. The molecule has 2 aliphatic rings. The summed E-state index contributed by atoms with van der Waals surface area (Å²) < 4.78 is 0. The van der Waals surface area contributed by atoms with Crippen LogP contribution in [0.1, 0.15) is 53.4 Å². The minimum absolute atomic E-state index is 0.423. The summed E-state index contributed by atoms with van der Waals surface area (Å²) in [5.41, 5.74) is 1.11. The highest BCUT2D eigenvalue weighted by Crippen LogP contribution is 2.49. The van der Waals surface area contributed by atoms with Crippen molar-refractivity contribution >= 4 is 0 Å². The number of rotatable bonds is 1. The standard InChI is InChI=1S/C15H26O/c1-10(2)12-7-8-15(4,16)14-6-5-11(3)9-13(12)14/h9-10,12-14,16H,5-8H2,1-4H3/t12-,13+,14-,15+/m0/s1. The van der Waals surface area contributed by atoms with Crippen molar-refractivity contribution in [3.8, 4) is 0 Å². The van der Waals surface area contributed by atoms with Crippen LogP contribution in [0.2, 0.25) is 0 Å². The Bertz CT molecular complexity index is 288. The van der Waals surface area contributed by atoms with Gasteiger partial charge in [0.2, 0.25) is 0 Å². The lowest BCUT2D eigenvalue weighted by molar-refractivity contribution is -0.0807. The van der Waals surface area contributed by atoms with Gasteiger partial charge in [-0.15, -0.1) is 0 Å². The molecule has 16 heavy (non-hydrogen) atoms. The molecule has 0 amide bonds. The van der Waals surface area contributed by atoms with E-state index in [0.717, 1.165) is 18.3 Å². The molecule has 0 aromatic carbocycles. The van der Waals surface area contributed by atoms with Crippen LogP contribution in [0.4, 0.5) is 0 Å². The molecule has 1 saturated carbocycles. The van der Waals surface area contributed by atoms with Crippen LogP contribution in [0.5, 0.6) is 0 Å². The average Bonchev–Trinajstić information content (AvgIpc) is 2.16. The molecule has 0 unspecified atom stereocenters. The average molecular weight is 222 g/mol. The van der Waals surface area contributed by atoms with Crippen LogP contribution in [-0.4, -0.2) is 10.7 Å². The summed E-state index contributed by atoms with van der Waals surface area (Å²) in [6.45, 7) is 8.96. The fourth-order valence-electron chi connectivity index (χ4n) is 3.87. The van der Waals surface area contributed by atoms with Crippen molar-refractivity contribution in [2.75, 3.05) is 0 Å². The summed E-state index contributed by atoms with van der Waals surface area (Å²) in [5.74, 6) is 2.64. The Labute approximate surface area is 99.9 Å². The second-order valence-corrected chi connectivity index (χ2v) is 6.54. The van der Waals surface area contributed by atoms with Crippen LogP contribution in [-0.2, 0) is 0 Å². The fourth-order valence-corrected chi connectivity index (χ4v) is 3.87. The fraction of sp³-hybridized carbons (Fsp3) is 0.867. The van der Waals surface area contributed by atoms with Gasteiger partial charge in [-0.2, -0.15) is 0 Å². The first-order valence-corrected chi connectivity index (χ1v) is 6.81. The smallest absolute Gasteiger partial charge is 0.0653 e. The summed E-state index contributed by atoms with van der Waals surface area (Å²) in [4.78, 5) is 0. The zero-order valence-corrected chi connectivity index (χ0v) is 11.2. The number of allylic oxidation sites excluding steroid dienone is 2. The molecule has 0 spiro atoms. The largest absolute Gasteiger partial charge is 0.390 e. The Balaban J connectivity index is 2.27. The van der Waals surface area contributed by atoms with Gasteiger partial charge in [0.15, 0.2) is 0 Å². The molecule has 1 fully saturated rings. The van der Waals surface area contributed by atoms with Crippen LogP contribution < -0.4 is 0 Å². The van der Waals surface area contributed by atoms with Crippen molar-refractivity contribution in [3.05, 3.63) is 11.6 Å². The molecule has 0 aromatic rings. The lowest BCUT2D eigenvalue weighted by Crippen LogP contribution is -2.48. The van der Waals surface area contributed by atoms with E-state index in [4.69, 9.17) is 0 Å². The normalized spacial score (nSPS) is 44.1. The summed E-state index contributed by atoms with van der Waals surface area (Å²) in [6.07, 6.45) is 7.01. The second kappa shape index (κ2) is 4.18. The number of fused-ring (bicyclic) bond motifs is 1. The van der Waals surface area contributed by atoms with Crippen LogP contribution in [0.25, 0.3) is 0 Å². The quantitative estimate of drug-likeness (QED) is 0.669. The molecule has 1 N–H and O–H groups in total. The molecule has 0 saturated heterocycles. The van der Waals surface area contributed by atoms with E-state index >= 15 is 0 Å². The highest BCUT2D eigenvalue weighted by atomic mass is 16.3. The van der Waals surface area contributed by atoms with E-state index in [1.54, 1.807) is 0 Å². The van der Waals surface area contributed by atoms with Gasteiger partial charge in [-0.05, 0) is 63.2 Å². The highest BCUT2D eigenvalue weighted by molar-refractivity contribution is 5.13. The maximum Gasteiger partial charge on any atom is 0.0653 e. The molecule has 1 heteroatoms. The molecule has 0 bridgehead atoms. The first-order chi connectivity index (χ1) is 7.42. The number of hydrogen-bond acceptors (Lipinski definition) is 1. The first kappa shape index (κ1) is 12.2. The zero-order chi connectivity index (χ0) is 11.9. The van der Waals surface area contributed by atoms with Crippen molar-refractivity contribution in [1.82, 2.24) is 0 Å². The molecule has 0 radical (unpaired) electrons. The van der Waals surface area contributed by atoms with Gasteiger partial charge >= 0.3 is 0 Å². The van der Waals surface area contributed by atoms with Gasteiger partial charge in [-0.1, -0.05) is 25.5 Å². The molecule has 2 aliphatic carbocycles. The van der Waals surface area contributed by atoms with Crippen LogP contribution in [0, 0.1) is 23.7 Å². The number of hydrogen-bond donors (Lipinski definition) is 1. The Morgan fingerprint density at radius 1 is 1.38 bits per heavy atom. The second-order valence-electron chi connectivity index (χ2n) is 6.54. The minimum atomic E-state index is -0.423. The zero-order valence-electron chi connectivity index (χ0n) is 11.2. The first-order valence-electron chi connectivity index (χ1n) is 6.81. The molecular formula is C15H26O. The van der Waals surface area contributed by atoms with Gasteiger partial charge in [0.05, 0.1) is 5.60 Å². The SMILES string of the molecule is CC1=C[C@@H]2[C@H](C(C)C)CC[C@@](C)(O)[C@H]2CC1. The molecule has 92 valence electrons. The summed E-state index contributed by atoms with van der Waals surface area (Å²) in [5, 5.41) is 10.5. The third-order valence-electron chi connectivity index (χ3n) is 4.92. The van der Waals surface area contributed by atoms with E-state index in [0.29, 0.717) is 11.8 Å². The predicted molar refractivity (Wildman–Crippen MR) is 68.2 cm³/mol. The minimum Gasteiger partial charge on any atom is -0.390 e. The summed E-state index contributed by atoms with van der Waals surface area (Å²) >= 11 is 0. The van der Waals surface area contributed by atoms with Crippen LogP contribution in [0.3, 0.4) is 0 Å². The van der Waals surface area contributed by atoms with E-state index in [1.165, 1.54) is 24.8 Å². The van der Waals surface area contributed by atoms with Crippen molar-refractivity contribution in [2.45, 2.75) is 59.0 Å². The summed E-state index contributed by atoms with van der Waals surface area (Å²) in [7, 11) is 0. The van der Waals surface area contributed by atoms with Crippen molar-refractivity contribution in [3.63, 3.8) is 0 Å². The van der Waals surface area contributed by atoms with Gasteiger partial charge in [0.1, 0.15) is 0 Å². The molecule has 1 nitrogen and oxygen atoms in total. The van der Waals surface area contributed by atoms with Gasteiger partial charge in [-0.3, -0.25) is 0 Å². The van der Waals surface area contributed by atoms with Crippen LogP contribution in [0.15, 0.2) is 11.6 Å². The Morgan fingerprint density at radius 3 is 2.69 bits per heavy atom. The molecule has 0 heterocycles. The van der Waals surface area contributed by atoms with E-state index in [9.17, 15) is 5.11 Å². The van der Waals surface area contributed by atoms with Crippen molar-refractivity contribution < 1.29 is 5.11 Å². The van der Waals surface area contributed by atoms with Gasteiger partial charge < -0.3 is 5.11 Å². The monoisotopic (exact) mass is 222 g/mol. The molecule has 2 rings (SSSR count). The maximum atomic E-state index is 10.5. The Kier molecular flexibility index (Phi) is 3.18. The van der Waals surface area contributed by atoms with E-state index in [-0.39, 0.29) is 0 Å². The molecule has 0 aromatic heterocycles.